The molecule has 1 atom stereocenters. The van der Waals surface area contributed by atoms with Gasteiger partial charge in [0.05, 0.1) is 12.6 Å². The highest BCUT2D eigenvalue weighted by atomic mass is 16.3. The zero-order valence-electron chi connectivity index (χ0n) is 10.3. The van der Waals surface area contributed by atoms with Gasteiger partial charge in [0, 0.05) is 17.8 Å². The van der Waals surface area contributed by atoms with Crippen molar-refractivity contribution in [2.75, 3.05) is 6.61 Å². The number of phenols is 2. The van der Waals surface area contributed by atoms with Crippen LogP contribution in [0.25, 0.3) is 0 Å². The molecule has 0 radical (unpaired) electrons. The number of hydrogen-bond acceptors (Lipinski definition) is 4. The van der Waals surface area contributed by atoms with E-state index in [-0.39, 0.29) is 24.1 Å². The van der Waals surface area contributed by atoms with Gasteiger partial charge in [-0.3, -0.25) is 4.99 Å². The molecular formula is C15H15NO3. The van der Waals surface area contributed by atoms with Gasteiger partial charge in [-0.1, -0.05) is 30.3 Å². The van der Waals surface area contributed by atoms with E-state index in [4.69, 9.17) is 0 Å². The zero-order valence-corrected chi connectivity index (χ0v) is 10.3. The van der Waals surface area contributed by atoms with Crippen LogP contribution in [0.4, 0.5) is 0 Å². The van der Waals surface area contributed by atoms with E-state index in [1.807, 2.05) is 30.3 Å². The molecule has 0 bridgehead atoms. The molecule has 19 heavy (non-hydrogen) atoms. The predicted molar refractivity (Wildman–Crippen MR) is 73.6 cm³/mol. The molecule has 3 N–H and O–H groups in total. The van der Waals surface area contributed by atoms with Gasteiger partial charge in [-0.2, -0.15) is 0 Å². The highest BCUT2D eigenvalue weighted by Gasteiger charge is 2.07. The predicted octanol–water partition coefficient (Wildman–Crippen LogP) is 2.25. The van der Waals surface area contributed by atoms with Crippen LogP contribution in [-0.2, 0) is 0 Å². The first-order valence-corrected chi connectivity index (χ1v) is 5.91. The van der Waals surface area contributed by atoms with Crippen LogP contribution in [-0.4, -0.2) is 28.1 Å². The van der Waals surface area contributed by atoms with Crippen molar-refractivity contribution in [2.24, 2.45) is 4.99 Å². The third-order valence-electron chi connectivity index (χ3n) is 2.76. The Kier molecular flexibility index (Phi) is 4.15. The fourth-order valence-electron chi connectivity index (χ4n) is 1.73. The highest BCUT2D eigenvalue weighted by Crippen LogP contribution is 2.22. The molecule has 0 aromatic heterocycles. The number of hydrogen-bond donors (Lipinski definition) is 3. The van der Waals surface area contributed by atoms with Crippen molar-refractivity contribution in [3.05, 3.63) is 59.7 Å². The molecule has 0 saturated carbocycles. The Hall–Kier alpha value is -2.33. The van der Waals surface area contributed by atoms with E-state index in [0.717, 1.165) is 5.56 Å². The summed E-state index contributed by atoms with van der Waals surface area (Å²) >= 11 is 0. The Bertz CT molecular complexity index is 567. The number of rotatable bonds is 4. The fourth-order valence-corrected chi connectivity index (χ4v) is 1.73. The molecule has 0 fully saturated rings. The van der Waals surface area contributed by atoms with Crippen molar-refractivity contribution >= 4 is 6.21 Å². The quantitative estimate of drug-likeness (QED) is 0.735. The largest absolute Gasteiger partial charge is 0.508 e. The monoisotopic (exact) mass is 257 g/mol. The topological polar surface area (TPSA) is 73.1 Å². The number of aliphatic hydroxyl groups excluding tert-OH is 1. The maximum absolute atomic E-state index is 9.63. The van der Waals surface area contributed by atoms with Gasteiger partial charge in [0.1, 0.15) is 11.5 Å². The second kappa shape index (κ2) is 6.02. The number of aliphatic imine (C=N–C) groups is 1. The van der Waals surface area contributed by atoms with Crippen molar-refractivity contribution in [3.63, 3.8) is 0 Å². The van der Waals surface area contributed by atoms with Crippen LogP contribution in [0.1, 0.15) is 17.2 Å². The van der Waals surface area contributed by atoms with Gasteiger partial charge >= 0.3 is 0 Å². The molecule has 0 aliphatic heterocycles. The smallest absolute Gasteiger partial charge is 0.128 e. The van der Waals surface area contributed by atoms with Crippen molar-refractivity contribution in [2.45, 2.75) is 6.04 Å². The summed E-state index contributed by atoms with van der Waals surface area (Å²) in [6.45, 7) is -0.112. The first-order chi connectivity index (χ1) is 9.20. The summed E-state index contributed by atoms with van der Waals surface area (Å²) in [5, 5.41) is 28.2. The van der Waals surface area contributed by atoms with Crippen LogP contribution >= 0.6 is 0 Å². The van der Waals surface area contributed by atoms with Gasteiger partial charge in [0.15, 0.2) is 0 Å². The molecule has 2 aromatic carbocycles. The van der Waals surface area contributed by atoms with Gasteiger partial charge in [-0.15, -0.1) is 0 Å². The second-order valence-corrected chi connectivity index (χ2v) is 4.13. The molecule has 0 spiro atoms. The summed E-state index contributed by atoms with van der Waals surface area (Å²) in [7, 11) is 0. The van der Waals surface area contributed by atoms with Crippen molar-refractivity contribution in [1.82, 2.24) is 0 Å². The molecule has 0 heterocycles. The van der Waals surface area contributed by atoms with E-state index >= 15 is 0 Å². The van der Waals surface area contributed by atoms with Crippen LogP contribution in [0.3, 0.4) is 0 Å². The summed E-state index contributed by atoms with van der Waals surface area (Å²) in [5.74, 6) is -0.0510. The summed E-state index contributed by atoms with van der Waals surface area (Å²) in [6.07, 6.45) is 1.49. The number of benzene rings is 2. The Morgan fingerprint density at radius 1 is 1.05 bits per heavy atom. The second-order valence-electron chi connectivity index (χ2n) is 4.13. The van der Waals surface area contributed by atoms with Crippen LogP contribution in [0.15, 0.2) is 53.5 Å². The Labute approximate surface area is 111 Å². The van der Waals surface area contributed by atoms with Crippen molar-refractivity contribution in [3.8, 4) is 11.5 Å². The standard InChI is InChI=1S/C15H15NO3/c17-10-14(11-4-2-1-3-5-11)16-9-12-6-7-13(18)8-15(12)19/h1-9,14,17-19H,10H2. The molecule has 0 aliphatic carbocycles. The SMILES string of the molecule is OCC(N=Cc1ccc(O)cc1O)c1ccccc1. The summed E-state index contributed by atoms with van der Waals surface area (Å²) in [5.41, 5.74) is 1.40. The number of aliphatic hydroxyl groups is 1. The third kappa shape index (κ3) is 3.33. The normalized spacial score (nSPS) is 12.7. The molecular weight excluding hydrogens is 242 g/mol. The van der Waals surface area contributed by atoms with Gasteiger partial charge in [-0.25, -0.2) is 0 Å². The lowest BCUT2D eigenvalue weighted by Gasteiger charge is -2.09. The van der Waals surface area contributed by atoms with E-state index in [0.29, 0.717) is 5.56 Å². The molecule has 2 rings (SSSR count). The average Bonchev–Trinajstić information content (AvgIpc) is 2.43. The highest BCUT2D eigenvalue weighted by molar-refractivity contribution is 5.83. The molecule has 0 saturated heterocycles. The lowest BCUT2D eigenvalue weighted by Crippen LogP contribution is -2.01. The lowest BCUT2D eigenvalue weighted by atomic mass is 10.1. The molecule has 1 unspecified atom stereocenters. The van der Waals surface area contributed by atoms with Crippen molar-refractivity contribution < 1.29 is 15.3 Å². The number of aromatic hydroxyl groups is 2. The van der Waals surface area contributed by atoms with Gasteiger partial charge in [0.25, 0.3) is 0 Å². The zero-order chi connectivity index (χ0) is 13.7. The number of phenolic OH excluding ortho intramolecular Hbond substituents is 2. The van der Waals surface area contributed by atoms with E-state index in [1.54, 1.807) is 6.07 Å². The van der Waals surface area contributed by atoms with Crippen LogP contribution in [0.2, 0.25) is 0 Å². The first kappa shape index (κ1) is 13.1. The van der Waals surface area contributed by atoms with Crippen LogP contribution < -0.4 is 0 Å². The Morgan fingerprint density at radius 3 is 2.42 bits per heavy atom. The molecule has 2 aromatic rings. The van der Waals surface area contributed by atoms with E-state index in [2.05, 4.69) is 4.99 Å². The summed E-state index contributed by atoms with van der Waals surface area (Å²) < 4.78 is 0. The maximum Gasteiger partial charge on any atom is 0.128 e. The van der Waals surface area contributed by atoms with E-state index in [1.165, 1.54) is 18.3 Å². The van der Waals surface area contributed by atoms with Crippen LogP contribution in [0, 0.1) is 0 Å². The van der Waals surface area contributed by atoms with Gasteiger partial charge in [-0.05, 0) is 17.7 Å². The molecule has 4 nitrogen and oxygen atoms in total. The minimum absolute atomic E-state index is 0.00332. The third-order valence-corrected chi connectivity index (χ3v) is 2.76. The van der Waals surface area contributed by atoms with E-state index < -0.39 is 0 Å². The number of nitrogens with zero attached hydrogens (tertiary/aromatic N) is 1. The molecule has 0 aliphatic rings. The molecule has 4 heteroatoms. The van der Waals surface area contributed by atoms with Crippen molar-refractivity contribution in [1.29, 1.82) is 0 Å². The Morgan fingerprint density at radius 2 is 1.79 bits per heavy atom. The van der Waals surface area contributed by atoms with Crippen LogP contribution in [0.5, 0.6) is 11.5 Å². The average molecular weight is 257 g/mol. The summed E-state index contributed by atoms with van der Waals surface area (Å²) in [4.78, 5) is 4.26. The first-order valence-electron chi connectivity index (χ1n) is 5.91. The van der Waals surface area contributed by atoms with Gasteiger partial charge < -0.3 is 15.3 Å². The van der Waals surface area contributed by atoms with E-state index in [9.17, 15) is 15.3 Å². The Balaban J connectivity index is 2.20. The fraction of sp³-hybridized carbons (Fsp3) is 0.133. The maximum atomic E-state index is 9.63. The van der Waals surface area contributed by atoms with Gasteiger partial charge in [0.2, 0.25) is 0 Å². The lowest BCUT2D eigenvalue weighted by molar-refractivity contribution is 0.269. The molecule has 98 valence electrons. The summed E-state index contributed by atoms with van der Waals surface area (Å²) in [6, 6.07) is 13.3. The minimum atomic E-state index is -0.366. The molecule has 0 amide bonds. The minimum Gasteiger partial charge on any atom is -0.508 e.